The van der Waals surface area contributed by atoms with Gasteiger partial charge in [0.2, 0.25) is 5.88 Å². The van der Waals surface area contributed by atoms with Gasteiger partial charge < -0.3 is 24.6 Å². The topological polar surface area (TPSA) is 98.8 Å². The standard InChI is InChI=1S/C25H37N7O3/c1-16-14-31(17(2)13-30(16)18-9-11-35-12-10-18)24(33)32-15-19-22(25(32,3)4)28-29-23(19)27-20-7-6-8-21(26-20)34-5/h6-8,16-18H,9-15H2,1-5H3,(H2,26,27,28,29)/t16-,17+/m1/s1. The van der Waals surface area contributed by atoms with Crippen LogP contribution in [-0.2, 0) is 16.8 Å². The maximum absolute atomic E-state index is 13.9. The van der Waals surface area contributed by atoms with Crippen LogP contribution in [0.2, 0.25) is 0 Å². The first kappa shape index (κ1) is 23.9. The molecule has 5 rings (SSSR count). The minimum atomic E-state index is -0.498. The number of aromatic nitrogens is 3. The molecule has 0 spiro atoms. The fourth-order valence-electron chi connectivity index (χ4n) is 5.75. The average Bonchev–Trinajstić information content (AvgIpc) is 3.38. The Morgan fingerprint density at radius 3 is 2.71 bits per heavy atom. The second kappa shape index (κ2) is 9.31. The number of amides is 2. The highest BCUT2D eigenvalue weighted by molar-refractivity contribution is 5.78. The number of urea groups is 1. The molecule has 3 aliphatic heterocycles. The van der Waals surface area contributed by atoms with Gasteiger partial charge in [-0.25, -0.2) is 4.79 Å². The van der Waals surface area contributed by atoms with Crippen LogP contribution in [0, 0.1) is 0 Å². The Labute approximate surface area is 207 Å². The van der Waals surface area contributed by atoms with E-state index in [-0.39, 0.29) is 12.1 Å². The SMILES string of the molecule is COc1cccc(Nc2n[nH]c3c2CN(C(=O)N2C[C@@H](C)N(C4CCOCC4)C[C@@H]2C)C3(C)C)n1. The fraction of sp³-hybridized carbons (Fsp3) is 0.640. The molecule has 0 aliphatic carbocycles. The van der Waals surface area contributed by atoms with Crippen molar-refractivity contribution in [3.63, 3.8) is 0 Å². The van der Waals surface area contributed by atoms with Gasteiger partial charge in [0, 0.05) is 56.1 Å². The van der Waals surface area contributed by atoms with Crippen LogP contribution in [-0.4, -0.2) is 87.5 Å². The summed E-state index contributed by atoms with van der Waals surface area (Å²) in [6.45, 7) is 12.4. The lowest BCUT2D eigenvalue weighted by atomic mass is 9.99. The van der Waals surface area contributed by atoms with Gasteiger partial charge in [-0.2, -0.15) is 10.1 Å². The molecule has 10 nitrogen and oxygen atoms in total. The van der Waals surface area contributed by atoms with Crippen molar-refractivity contribution in [1.29, 1.82) is 0 Å². The Morgan fingerprint density at radius 2 is 1.97 bits per heavy atom. The molecule has 2 amide bonds. The van der Waals surface area contributed by atoms with Crippen LogP contribution < -0.4 is 10.1 Å². The number of ether oxygens (including phenoxy) is 2. The molecule has 2 atom stereocenters. The summed E-state index contributed by atoms with van der Waals surface area (Å²) in [5.74, 6) is 1.87. The lowest BCUT2D eigenvalue weighted by molar-refractivity contribution is -0.0237. The number of methoxy groups -OCH3 is 1. The van der Waals surface area contributed by atoms with Crippen molar-refractivity contribution in [3.05, 3.63) is 29.5 Å². The predicted molar refractivity (Wildman–Crippen MR) is 133 cm³/mol. The quantitative estimate of drug-likeness (QED) is 0.688. The largest absolute Gasteiger partial charge is 0.481 e. The zero-order valence-electron chi connectivity index (χ0n) is 21.4. The Balaban J connectivity index is 1.31. The monoisotopic (exact) mass is 483 g/mol. The summed E-state index contributed by atoms with van der Waals surface area (Å²) in [5.41, 5.74) is 1.45. The van der Waals surface area contributed by atoms with Crippen molar-refractivity contribution in [2.45, 2.75) is 70.7 Å². The smallest absolute Gasteiger partial charge is 0.321 e. The van der Waals surface area contributed by atoms with Gasteiger partial charge in [-0.1, -0.05) is 6.07 Å². The summed E-state index contributed by atoms with van der Waals surface area (Å²) in [6, 6.07) is 6.64. The third kappa shape index (κ3) is 4.33. The first-order chi connectivity index (χ1) is 16.8. The molecule has 0 saturated carbocycles. The van der Waals surface area contributed by atoms with Crippen LogP contribution in [0.1, 0.15) is 51.8 Å². The molecule has 0 radical (unpaired) electrons. The average molecular weight is 484 g/mol. The van der Waals surface area contributed by atoms with E-state index < -0.39 is 5.54 Å². The molecule has 2 aromatic heterocycles. The van der Waals surface area contributed by atoms with Crippen LogP contribution in [0.25, 0.3) is 0 Å². The van der Waals surface area contributed by atoms with Crippen LogP contribution >= 0.6 is 0 Å². The van der Waals surface area contributed by atoms with Gasteiger partial charge in [-0.05, 0) is 46.6 Å². The highest BCUT2D eigenvalue weighted by Gasteiger charge is 2.47. The number of anilines is 2. The lowest BCUT2D eigenvalue weighted by Crippen LogP contribution is -2.63. The molecule has 0 unspecified atom stereocenters. The number of pyridine rings is 1. The number of hydrogen-bond acceptors (Lipinski definition) is 7. The van der Waals surface area contributed by atoms with E-state index in [1.807, 2.05) is 17.0 Å². The van der Waals surface area contributed by atoms with E-state index in [0.29, 0.717) is 36.1 Å². The minimum Gasteiger partial charge on any atom is -0.481 e. The first-order valence-electron chi connectivity index (χ1n) is 12.6. The van der Waals surface area contributed by atoms with Crippen molar-refractivity contribution in [2.75, 3.05) is 38.7 Å². The fourth-order valence-corrected chi connectivity index (χ4v) is 5.75. The number of hydrogen-bond donors (Lipinski definition) is 2. The third-order valence-electron chi connectivity index (χ3n) is 7.82. The highest BCUT2D eigenvalue weighted by Crippen LogP contribution is 2.42. The number of carbonyl (C=O) groups is 1. The van der Waals surface area contributed by atoms with Gasteiger partial charge in [-0.15, -0.1) is 0 Å². The first-order valence-corrected chi connectivity index (χ1v) is 12.6. The van der Waals surface area contributed by atoms with E-state index in [2.05, 4.69) is 58.0 Å². The Hall–Kier alpha value is -2.85. The maximum atomic E-state index is 13.9. The molecule has 190 valence electrons. The van der Waals surface area contributed by atoms with Crippen LogP contribution in [0.15, 0.2) is 18.2 Å². The normalized spacial score (nSPS) is 24.9. The Kier molecular flexibility index (Phi) is 6.35. The molecule has 0 bridgehead atoms. The molecule has 2 aromatic rings. The maximum Gasteiger partial charge on any atom is 0.321 e. The summed E-state index contributed by atoms with van der Waals surface area (Å²) in [4.78, 5) is 24.9. The van der Waals surface area contributed by atoms with Gasteiger partial charge in [-0.3, -0.25) is 10.00 Å². The highest BCUT2D eigenvalue weighted by atomic mass is 16.5. The van der Waals surface area contributed by atoms with Crippen molar-refractivity contribution in [3.8, 4) is 5.88 Å². The third-order valence-corrected chi connectivity index (χ3v) is 7.82. The molecular formula is C25H37N7O3. The molecule has 2 N–H and O–H groups in total. The molecule has 2 fully saturated rings. The second-order valence-corrected chi connectivity index (χ2v) is 10.4. The Bertz CT molecular complexity index is 1070. The molecule has 0 aromatic carbocycles. The molecule has 2 saturated heterocycles. The van der Waals surface area contributed by atoms with Crippen LogP contribution in [0.5, 0.6) is 5.88 Å². The number of nitrogens with one attached hydrogen (secondary N) is 2. The molecule has 35 heavy (non-hydrogen) atoms. The van der Waals surface area contributed by atoms with Crippen LogP contribution in [0.3, 0.4) is 0 Å². The summed E-state index contributed by atoms with van der Waals surface area (Å²) in [6.07, 6.45) is 2.15. The van der Waals surface area contributed by atoms with E-state index in [9.17, 15) is 4.79 Å². The van der Waals surface area contributed by atoms with E-state index in [0.717, 1.165) is 50.4 Å². The molecule has 3 aliphatic rings. The second-order valence-electron chi connectivity index (χ2n) is 10.4. The zero-order valence-corrected chi connectivity index (χ0v) is 21.4. The number of nitrogens with zero attached hydrogens (tertiary/aromatic N) is 5. The van der Waals surface area contributed by atoms with Crippen LogP contribution in [0.4, 0.5) is 16.4 Å². The Morgan fingerprint density at radius 1 is 1.20 bits per heavy atom. The number of piperazine rings is 1. The van der Waals surface area contributed by atoms with Gasteiger partial charge in [0.05, 0.1) is 24.9 Å². The summed E-state index contributed by atoms with van der Waals surface area (Å²) in [5, 5.41) is 11.0. The van der Waals surface area contributed by atoms with Crippen molar-refractivity contribution in [2.24, 2.45) is 0 Å². The number of H-pyrrole nitrogens is 1. The van der Waals surface area contributed by atoms with E-state index >= 15 is 0 Å². The molecular weight excluding hydrogens is 446 g/mol. The number of fused-ring (bicyclic) bond motifs is 1. The molecule has 10 heteroatoms. The van der Waals surface area contributed by atoms with Gasteiger partial charge in [0.25, 0.3) is 0 Å². The van der Waals surface area contributed by atoms with E-state index in [1.54, 1.807) is 13.2 Å². The predicted octanol–water partition coefficient (Wildman–Crippen LogP) is 3.30. The van der Waals surface area contributed by atoms with Gasteiger partial charge >= 0.3 is 6.03 Å². The van der Waals surface area contributed by atoms with E-state index in [4.69, 9.17) is 9.47 Å². The minimum absolute atomic E-state index is 0.0797. The van der Waals surface area contributed by atoms with Gasteiger partial charge in [0.15, 0.2) is 5.82 Å². The van der Waals surface area contributed by atoms with Crippen molar-refractivity contribution >= 4 is 17.7 Å². The van der Waals surface area contributed by atoms with Gasteiger partial charge in [0.1, 0.15) is 5.82 Å². The summed E-state index contributed by atoms with van der Waals surface area (Å²) in [7, 11) is 1.59. The number of rotatable bonds is 4. The lowest BCUT2D eigenvalue weighted by Gasteiger charge is -2.49. The molecule has 5 heterocycles. The summed E-state index contributed by atoms with van der Waals surface area (Å²) < 4.78 is 10.8. The zero-order chi connectivity index (χ0) is 24.7. The van der Waals surface area contributed by atoms with Crippen molar-refractivity contribution < 1.29 is 14.3 Å². The number of carbonyl (C=O) groups excluding carboxylic acids is 1. The number of aromatic amines is 1. The van der Waals surface area contributed by atoms with Crippen molar-refractivity contribution in [1.82, 2.24) is 29.9 Å². The van der Waals surface area contributed by atoms with E-state index in [1.165, 1.54) is 0 Å². The summed E-state index contributed by atoms with van der Waals surface area (Å²) >= 11 is 0.